The Bertz CT molecular complexity index is 612. The minimum Gasteiger partial charge on any atom is -0.295 e. The third kappa shape index (κ3) is 3.25. The molecule has 1 heterocycles. The fraction of sp³-hybridized carbons (Fsp3) is 0.294. The van der Waals surface area contributed by atoms with Crippen molar-refractivity contribution in [3.63, 3.8) is 0 Å². The van der Waals surface area contributed by atoms with Gasteiger partial charge in [-0.3, -0.25) is 4.90 Å². The Morgan fingerprint density at radius 1 is 1.10 bits per heavy atom. The normalized spacial score (nSPS) is 15.7. The van der Waals surface area contributed by atoms with Gasteiger partial charge in [0.1, 0.15) is 0 Å². The van der Waals surface area contributed by atoms with E-state index >= 15 is 0 Å². The largest absolute Gasteiger partial charge is 0.295 e. The summed E-state index contributed by atoms with van der Waals surface area (Å²) >= 11 is 9.79. The zero-order chi connectivity index (χ0) is 13.9. The Kier molecular flexibility index (Phi) is 4.45. The second kappa shape index (κ2) is 6.30. The summed E-state index contributed by atoms with van der Waals surface area (Å²) in [7, 11) is 0. The van der Waals surface area contributed by atoms with Crippen molar-refractivity contribution >= 4 is 27.5 Å². The van der Waals surface area contributed by atoms with Gasteiger partial charge in [0.15, 0.2) is 0 Å². The molecule has 104 valence electrons. The van der Waals surface area contributed by atoms with Gasteiger partial charge in [-0.05, 0) is 48.2 Å². The molecule has 3 heteroatoms. The number of rotatable bonds is 2. The topological polar surface area (TPSA) is 3.24 Å². The summed E-state index contributed by atoms with van der Waals surface area (Å²) in [5.74, 6) is 0. The van der Waals surface area contributed by atoms with E-state index < -0.39 is 0 Å². The number of benzene rings is 2. The van der Waals surface area contributed by atoms with Gasteiger partial charge in [-0.1, -0.05) is 57.9 Å². The van der Waals surface area contributed by atoms with Gasteiger partial charge in [0, 0.05) is 22.6 Å². The van der Waals surface area contributed by atoms with Crippen LogP contribution in [0.4, 0.5) is 0 Å². The molecule has 0 N–H and O–H groups in total. The van der Waals surface area contributed by atoms with Gasteiger partial charge in [-0.25, -0.2) is 0 Å². The highest BCUT2D eigenvalue weighted by Crippen LogP contribution is 2.25. The molecule has 0 aromatic heterocycles. The molecular weight excluding hydrogens is 334 g/mol. The highest BCUT2D eigenvalue weighted by atomic mass is 79.9. The molecule has 0 saturated carbocycles. The maximum atomic E-state index is 6.33. The second-order valence-corrected chi connectivity index (χ2v) is 6.64. The van der Waals surface area contributed by atoms with E-state index in [0.29, 0.717) is 0 Å². The highest BCUT2D eigenvalue weighted by molar-refractivity contribution is 9.10. The van der Waals surface area contributed by atoms with Crippen LogP contribution in [0.3, 0.4) is 0 Å². The van der Waals surface area contributed by atoms with Gasteiger partial charge in [0.2, 0.25) is 0 Å². The molecule has 20 heavy (non-hydrogen) atoms. The van der Waals surface area contributed by atoms with E-state index in [4.69, 9.17) is 11.6 Å². The molecule has 3 rings (SSSR count). The predicted molar refractivity (Wildman–Crippen MR) is 88.0 cm³/mol. The van der Waals surface area contributed by atoms with E-state index in [2.05, 4.69) is 57.2 Å². The molecule has 0 radical (unpaired) electrons. The predicted octanol–water partition coefficient (Wildman–Crippen LogP) is 5.05. The summed E-state index contributed by atoms with van der Waals surface area (Å²) < 4.78 is 1.03. The van der Waals surface area contributed by atoms with E-state index in [1.54, 1.807) is 0 Å². The zero-order valence-corrected chi connectivity index (χ0v) is 13.6. The van der Waals surface area contributed by atoms with Gasteiger partial charge in [0.05, 0.1) is 0 Å². The molecule has 1 aliphatic rings. The van der Waals surface area contributed by atoms with Crippen molar-refractivity contribution in [3.8, 4) is 0 Å². The molecule has 0 saturated heterocycles. The summed E-state index contributed by atoms with van der Waals surface area (Å²) in [6.07, 6.45) is 2.39. The van der Waals surface area contributed by atoms with Crippen molar-refractivity contribution in [1.29, 1.82) is 0 Å². The van der Waals surface area contributed by atoms with E-state index in [0.717, 1.165) is 29.1 Å². The molecule has 1 aliphatic heterocycles. The summed E-state index contributed by atoms with van der Waals surface area (Å²) in [6.45, 7) is 3.06. The molecule has 2 aromatic rings. The van der Waals surface area contributed by atoms with E-state index in [9.17, 15) is 0 Å². The standard InChI is InChI=1S/C17H17BrClN/c18-16-8-7-15(17(19)10-16)12-20-9-3-6-13-4-1-2-5-14(13)11-20/h1-2,4-5,7-8,10H,3,6,9,11-12H2. The first-order valence-corrected chi connectivity index (χ1v) is 8.12. The van der Waals surface area contributed by atoms with E-state index in [1.165, 1.54) is 29.5 Å². The molecule has 0 amide bonds. The van der Waals surface area contributed by atoms with Crippen LogP contribution in [-0.2, 0) is 19.5 Å². The first-order valence-electron chi connectivity index (χ1n) is 6.95. The van der Waals surface area contributed by atoms with E-state index in [1.807, 2.05) is 6.07 Å². The molecular formula is C17H17BrClN. The van der Waals surface area contributed by atoms with Crippen LogP contribution < -0.4 is 0 Å². The van der Waals surface area contributed by atoms with Gasteiger partial charge in [-0.2, -0.15) is 0 Å². The van der Waals surface area contributed by atoms with Crippen molar-refractivity contribution in [2.45, 2.75) is 25.9 Å². The molecule has 0 spiro atoms. The minimum atomic E-state index is 0.844. The summed E-state index contributed by atoms with van der Waals surface area (Å²) in [4.78, 5) is 2.49. The third-order valence-corrected chi connectivity index (χ3v) is 4.69. The van der Waals surface area contributed by atoms with Crippen LogP contribution in [0.2, 0.25) is 5.02 Å². The Hall–Kier alpha value is -0.830. The lowest BCUT2D eigenvalue weighted by molar-refractivity contribution is 0.261. The van der Waals surface area contributed by atoms with E-state index in [-0.39, 0.29) is 0 Å². The van der Waals surface area contributed by atoms with Crippen LogP contribution in [-0.4, -0.2) is 11.4 Å². The Morgan fingerprint density at radius 3 is 2.70 bits per heavy atom. The first kappa shape index (κ1) is 14.1. The third-order valence-electron chi connectivity index (χ3n) is 3.84. The second-order valence-electron chi connectivity index (χ2n) is 5.32. The van der Waals surface area contributed by atoms with Crippen molar-refractivity contribution in [2.75, 3.05) is 6.54 Å². The Morgan fingerprint density at radius 2 is 1.90 bits per heavy atom. The first-order chi connectivity index (χ1) is 9.72. The summed E-state index contributed by atoms with van der Waals surface area (Å²) in [5.41, 5.74) is 4.16. The number of hydrogen-bond donors (Lipinski definition) is 0. The number of nitrogens with zero attached hydrogens (tertiary/aromatic N) is 1. The minimum absolute atomic E-state index is 0.844. The fourth-order valence-electron chi connectivity index (χ4n) is 2.79. The van der Waals surface area contributed by atoms with Crippen LogP contribution in [0.15, 0.2) is 46.9 Å². The molecule has 0 unspecified atom stereocenters. The number of halogens is 2. The van der Waals surface area contributed by atoms with Crippen molar-refractivity contribution < 1.29 is 0 Å². The highest BCUT2D eigenvalue weighted by Gasteiger charge is 2.15. The molecule has 0 aliphatic carbocycles. The van der Waals surface area contributed by atoms with Crippen molar-refractivity contribution in [1.82, 2.24) is 4.90 Å². The Balaban J connectivity index is 1.78. The molecule has 1 nitrogen and oxygen atoms in total. The Labute approximate surface area is 133 Å². The van der Waals surface area contributed by atoms with Crippen molar-refractivity contribution in [3.05, 3.63) is 68.7 Å². The maximum Gasteiger partial charge on any atom is 0.0462 e. The zero-order valence-electron chi connectivity index (χ0n) is 11.3. The van der Waals surface area contributed by atoms with Crippen LogP contribution in [0.5, 0.6) is 0 Å². The molecule has 0 atom stereocenters. The fourth-order valence-corrected chi connectivity index (χ4v) is 3.53. The summed E-state index contributed by atoms with van der Waals surface area (Å²) in [6, 6.07) is 14.9. The van der Waals surface area contributed by atoms with Gasteiger partial charge in [-0.15, -0.1) is 0 Å². The summed E-state index contributed by atoms with van der Waals surface area (Å²) in [5, 5.41) is 0.844. The maximum absolute atomic E-state index is 6.33. The van der Waals surface area contributed by atoms with Crippen LogP contribution in [0.1, 0.15) is 23.1 Å². The lowest BCUT2D eigenvalue weighted by Crippen LogP contribution is -2.22. The average molecular weight is 351 g/mol. The van der Waals surface area contributed by atoms with Crippen LogP contribution >= 0.6 is 27.5 Å². The molecule has 2 aromatic carbocycles. The average Bonchev–Trinajstić information content (AvgIpc) is 2.63. The van der Waals surface area contributed by atoms with Crippen LogP contribution in [0, 0.1) is 0 Å². The number of hydrogen-bond acceptors (Lipinski definition) is 1. The lowest BCUT2D eigenvalue weighted by atomic mass is 10.0. The van der Waals surface area contributed by atoms with Crippen molar-refractivity contribution in [2.24, 2.45) is 0 Å². The quantitative estimate of drug-likeness (QED) is 0.732. The van der Waals surface area contributed by atoms with Gasteiger partial charge in [0.25, 0.3) is 0 Å². The molecule has 0 fully saturated rings. The molecule has 0 bridgehead atoms. The van der Waals surface area contributed by atoms with Crippen LogP contribution in [0.25, 0.3) is 0 Å². The number of aryl methyl sites for hydroxylation is 1. The smallest absolute Gasteiger partial charge is 0.0462 e. The van der Waals surface area contributed by atoms with Gasteiger partial charge >= 0.3 is 0 Å². The van der Waals surface area contributed by atoms with Gasteiger partial charge < -0.3 is 0 Å². The number of fused-ring (bicyclic) bond motifs is 1. The SMILES string of the molecule is Clc1cc(Br)ccc1CN1CCCc2ccccc2C1. The monoisotopic (exact) mass is 349 g/mol. The lowest BCUT2D eigenvalue weighted by Gasteiger charge is -2.21.